The van der Waals surface area contributed by atoms with Gasteiger partial charge in [-0.25, -0.2) is 0 Å². The second-order valence-corrected chi connectivity index (χ2v) is 8.36. The fourth-order valence-electron chi connectivity index (χ4n) is 3.35. The molecule has 2 saturated heterocycles. The highest BCUT2D eigenvalue weighted by molar-refractivity contribution is 9.10. The summed E-state index contributed by atoms with van der Waals surface area (Å²) in [5, 5.41) is 2.63. The Bertz CT molecular complexity index is 1010. The van der Waals surface area contributed by atoms with Gasteiger partial charge in [-0.15, -0.1) is 0 Å². The molecule has 0 atom stereocenters. The van der Waals surface area contributed by atoms with Crippen molar-refractivity contribution < 1.29 is 18.9 Å². The lowest BCUT2D eigenvalue weighted by atomic mass is 10.1. The first-order valence-electron chi connectivity index (χ1n) is 9.25. The van der Waals surface area contributed by atoms with Crippen molar-refractivity contribution in [1.29, 1.82) is 0 Å². The van der Waals surface area contributed by atoms with Gasteiger partial charge in [0.25, 0.3) is 11.8 Å². The summed E-state index contributed by atoms with van der Waals surface area (Å²) in [7, 11) is 2.17. The van der Waals surface area contributed by atoms with Crippen molar-refractivity contribution in [2.45, 2.75) is 0 Å². The summed E-state index contributed by atoms with van der Waals surface area (Å²) in [6.45, 7) is 3.88. The average Bonchev–Trinajstić information content (AvgIpc) is 3.14. The van der Waals surface area contributed by atoms with Crippen LogP contribution in [-0.4, -0.2) is 50.2 Å². The quantitative estimate of drug-likeness (QED) is 0.396. The van der Waals surface area contributed by atoms with Crippen molar-refractivity contribution >= 4 is 62.7 Å². The van der Waals surface area contributed by atoms with Crippen molar-refractivity contribution in [3.63, 3.8) is 0 Å². The van der Waals surface area contributed by atoms with E-state index >= 15 is 0 Å². The number of likely N-dealkylation sites (N-methyl/N-ethyl adjacent to an activating group) is 1. The van der Waals surface area contributed by atoms with Crippen LogP contribution in [0.5, 0.6) is 0 Å². The second-order valence-electron chi connectivity index (χ2n) is 7.06. The van der Waals surface area contributed by atoms with Crippen LogP contribution < -0.4 is 20.0 Å². The van der Waals surface area contributed by atoms with Gasteiger partial charge < -0.3 is 14.2 Å². The van der Waals surface area contributed by atoms with E-state index in [2.05, 4.69) is 33.2 Å². The van der Waals surface area contributed by atoms with Crippen molar-refractivity contribution in [1.82, 2.24) is 5.32 Å². The van der Waals surface area contributed by atoms with Gasteiger partial charge >= 0.3 is 0 Å². The van der Waals surface area contributed by atoms with Crippen molar-refractivity contribution in [3.8, 4) is 0 Å². The number of rotatable bonds is 3. The summed E-state index contributed by atoms with van der Waals surface area (Å²) in [4.78, 5) is 30.4. The number of carbonyl (C=O) groups excluding carboxylic acids is 2. The molecule has 0 aliphatic carbocycles. The molecule has 2 aromatic rings. The minimum absolute atomic E-state index is 0.0257. The molecule has 0 unspecified atom stereocenters. The molecule has 0 bridgehead atoms. The van der Waals surface area contributed by atoms with E-state index in [1.807, 2.05) is 12.1 Å². The number of amides is 2. The second kappa shape index (κ2) is 8.10. The lowest BCUT2D eigenvalue weighted by molar-refractivity contribution is -0.880. The summed E-state index contributed by atoms with van der Waals surface area (Å²) in [5.74, 6) is 0.171. The molecule has 2 N–H and O–H groups in total. The summed E-state index contributed by atoms with van der Waals surface area (Å²) in [6.07, 6.45) is 1.47. The maximum atomic E-state index is 13.0. The van der Waals surface area contributed by atoms with Crippen LogP contribution in [0.1, 0.15) is 5.76 Å². The van der Waals surface area contributed by atoms with Crippen LogP contribution in [0.2, 0.25) is 0 Å². The molecule has 4 rings (SSSR count). The molecule has 0 radical (unpaired) electrons. The number of benzene rings is 1. The molecule has 1 aromatic heterocycles. The number of nitrogens with one attached hydrogen (secondary N) is 2. The Morgan fingerprint density at radius 1 is 1.21 bits per heavy atom. The third kappa shape index (κ3) is 4.12. The molecule has 2 fully saturated rings. The smallest absolute Gasteiger partial charge is 0.270 e. The Hall–Kier alpha value is -2.49. The van der Waals surface area contributed by atoms with Gasteiger partial charge in [0.1, 0.15) is 11.3 Å². The number of hydrogen-bond donors (Lipinski definition) is 2. The van der Waals surface area contributed by atoms with E-state index in [-0.39, 0.29) is 10.7 Å². The molecule has 29 heavy (non-hydrogen) atoms. The van der Waals surface area contributed by atoms with E-state index in [1.165, 1.54) is 15.9 Å². The number of anilines is 2. The standard InChI is InChI=1S/C20H19BrN4O3S/c1-23-7-9-24(10-8-23)17-6-5-15(28-17)12-16-18(26)22-20(29)25(19(16)27)14-4-2-3-13(21)11-14/h2-6,11-12H,7-10H2,1H3,(H,22,26,29)/p+1/b16-12-. The van der Waals surface area contributed by atoms with E-state index in [9.17, 15) is 9.59 Å². The first-order valence-corrected chi connectivity index (χ1v) is 10.5. The molecule has 150 valence electrons. The van der Waals surface area contributed by atoms with Crippen LogP contribution in [0.3, 0.4) is 0 Å². The number of hydrogen-bond acceptors (Lipinski definition) is 5. The van der Waals surface area contributed by atoms with Gasteiger partial charge in [0, 0.05) is 10.5 Å². The molecule has 2 aliphatic heterocycles. The molecule has 2 aliphatic rings. The van der Waals surface area contributed by atoms with Crippen LogP contribution in [0.4, 0.5) is 11.6 Å². The van der Waals surface area contributed by atoms with Crippen LogP contribution in [0.15, 0.2) is 50.9 Å². The Labute approximate surface area is 182 Å². The lowest BCUT2D eigenvalue weighted by Gasteiger charge is -2.29. The Morgan fingerprint density at radius 3 is 2.69 bits per heavy atom. The zero-order valence-electron chi connectivity index (χ0n) is 15.8. The number of nitrogens with zero attached hydrogens (tertiary/aromatic N) is 2. The monoisotopic (exact) mass is 475 g/mol. The van der Waals surface area contributed by atoms with E-state index in [0.717, 1.165) is 36.5 Å². The summed E-state index contributed by atoms with van der Waals surface area (Å²) in [5.41, 5.74) is 0.544. The molecule has 7 nitrogen and oxygen atoms in total. The van der Waals surface area contributed by atoms with Gasteiger partial charge in [0.2, 0.25) is 0 Å². The fraction of sp³-hybridized carbons (Fsp3) is 0.250. The van der Waals surface area contributed by atoms with E-state index in [0.29, 0.717) is 11.4 Å². The predicted octanol–water partition coefficient (Wildman–Crippen LogP) is 1.21. The third-order valence-electron chi connectivity index (χ3n) is 5.00. The zero-order valence-corrected chi connectivity index (χ0v) is 18.2. The minimum atomic E-state index is -0.535. The number of furan rings is 1. The average molecular weight is 476 g/mol. The topological polar surface area (TPSA) is 70.2 Å². The van der Waals surface area contributed by atoms with Crippen LogP contribution in [-0.2, 0) is 9.59 Å². The Kier molecular flexibility index (Phi) is 5.53. The fourth-order valence-corrected chi connectivity index (χ4v) is 4.02. The van der Waals surface area contributed by atoms with Gasteiger partial charge in [-0.2, -0.15) is 0 Å². The van der Waals surface area contributed by atoms with Crippen LogP contribution in [0.25, 0.3) is 6.08 Å². The minimum Gasteiger partial charge on any atom is -0.441 e. The largest absolute Gasteiger partial charge is 0.441 e. The third-order valence-corrected chi connectivity index (χ3v) is 5.77. The molecular formula is C20H20BrN4O3S+. The normalized spacial score (nSPS) is 19.8. The maximum Gasteiger partial charge on any atom is 0.270 e. The summed E-state index contributed by atoms with van der Waals surface area (Å²) < 4.78 is 6.70. The number of piperazine rings is 1. The molecule has 9 heteroatoms. The van der Waals surface area contributed by atoms with Crippen molar-refractivity contribution in [2.75, 3.05) is 43.0 Å². The van der Waals surface area contributed by atoms with Gasteiger partial charge in [-0.05, 0) is 42.6 Å². The number of quaternary nitrogens is 1. The molecule has 2 amide bonds. The molecular weight excluding hydrogens is 456 g/mol. The lowest BCUT2D eigenvalue weighted by Crippen LogP contribution is -3.12. The molecule has 0 spiro atoms. The van der Waals surface area contributed by atoms with Gasteiger partial charge in [-0.3, -0.25) is 19.8 Å². The van der Waals surface area contributed by atoms with E-state index in [1.54, 1.807) is 24.3 Å². The molecule has 3 heterocycles. The number of halogens is 1. The maximum absolute atomic E-state index is 13.0. The van der Waals surface area contributed by atoms with Crippen molar-refractivity contribution in [3.05, 3.63) is 52.2 Å². The first kappa shape index (κ1) is 19.8. The highest BCUT2D eigenvalue weighted by Crippen LogP contribution is 2.26. The van der Waals surface area contributed by atoms with Crippen molar-refractivity contribution in [2.24, 2.45) is 0 Å². The SMILES string of the molecule is C[NH+]1CCN(c2ccc(/C=C3/C(=O)NC(=S)N(c4cccc(Br)c4)C3=O)o2)CC1. The zero-order chi connectivity index (χ0) is 20.5. The van der Waals surface area contributed by atoms with Gasteiger partial charge in [0.15, 0.2) is 11.0 Å². The number of carbonyl (C=O) groups is 2. The van der Waals surface area contributed by atoms with Gasteiger partial charge in [-0.1, -0.05) is 22.0 Å². The Morgan fingerprint density at radius 2 is 1.97 bits per heavy atom. The summed E-state index contributed by atoms with van der Waals surface area (Å²) in [6, 6.07) is 10.8. The highest BCUT2D eigenvalue weighted by atomic mass is 79.9. The van der Waals surface area contributed by atoms with Gasteiger partial charge in [0.05, 0.1) is 38.9 Å². The van der Waals surface area contributed by atoms with E-state index < -0.39 is 11.8 Å². The Balaban J connectivity index is 1.60. The predicted molar refractivity (Wildman–Crippen MR) is 118 cm³/mol. The number of thiocarbonyl (C=S) groups is 1. The van der Waals surface area contributed by atoms with Crippen LogP contribution >= 0.6 is 28.1 Å². The first-order chi connectivity index (χ1) is 13.9. The highest BCUT2D eigenvalue weighted by Gasteiger charge is 2.35. The van der Waals surface area contributed by atoms with Crippen LogP contribution in [0, 0.1) is 0 Å². The molecule has 0 saturated carbocycles. The molecule has 1 aromatic carbocycles. The van der Waals surface area contributed by atoms with E-state index in [4.69, 9.17) is 16.6 Å². The summed E-state index contributed by atoms with van der Waals surface area (Å²) >= 11 is 8.61.